The number of alkyl halides is 17. The maximum atomic E-state index is 13.4. The lowest BCUT2D eigenvalue weighted by Gasteiger charge is -2.42. The molecular weight excluding hydrogens is 617 g/mol. The van der Waals surface area contributed by atoms with Crippen LogP contribution in [0.2, 0.25) is 0 Å². The first-order valence-electron chi connectivity index (χ1n) is 10.3. The van der Waals surface area contributed by atoms with E-state index in [1.165, 1.54) is 19.6 Å². The van der Waals surface area contributed by atoms with Crippen molar-refractivity contribution >= 4 is 17.7 Å². The van der Waals surface area contributed by atoms with Crippen LogP contribution in [0.15, 0.2) is 0 Å². The standard InChI is InChI=1S/C12H7F17O2S.C6H15N/c13-5(14,1-2-32-3-4(30)31)6(15,16)7(17,18)8(19,20)9(21,22)10(23,24)11(25,26)12(27,28)29;1-4-7(5-2)6-3/h1-3H2,(H,30,31);4-6H2,1-3H3. The molecule has 0 amide bonds. The lowest BCUT2D eigenvalue weighted by atomic mass is 9.88. The van der Waals surface area contributed by atoms with Crippen molar-refractivity contribution in [2.75, 3.05) is 31.1 Å². The van der Waals surface area contributed by atoms with E-state index in [1.807, 2.05) is 0 Å². The first-order valence-corrected chi connectivity index (χ1v) is 11.5. The van der Waals surface area contributed by atoms with Gasteiger partial charge in [0.25, 0.3) is 0 Å². The van der Waals surface area contributed by atoms with Gasteiger partial charge in [0.05, 0.1) is 25.6 Å². The SMILES string of the molecule is CC[NH+](CC)CC.O=C([O-])CSCCC(F)(F)C(F)(F)C(F)(F)C(F)(F)C(F)(F)C(F)(F)C(F)(F)C(F)(F)F. The molecule has 1 N–H and O–H groups in total. The van der Waals surface area contributed by atoms with Gasteiger partial charge in [-0.25, -0.2) is 0 Å². The van der Waals surface area contributed by atoms with Crippen molar-refractivity contribution in [3.63, 3.8) is 0 Å². The first-order chi connectivity index (χ1) is 17.0. The average molecular weight is 639 g/mol. The predicted molar refractivity (Wildman–Crippen MR) is 100 cm³/mol. The van der Waals surface area contributed by atoms with E-state index in [2.05, 4.69) is 20.8 Å². The third kappa shape index (κ3) is 7.66. The average Bonchev–Trinajstić information content (AvgIpc) is 2.76. The molecule has 0 bridgehead atoms. The Balaban J connectivity index is 0. The van der Waals surface area contributed by atoms with E-state index in [0.717, 1.165) is 0 Å². The quantitative estimate of drug-likeness (QED) is 0.220. The second-order valence-electron chi connectivity index (χ2n) is 7.63. The second-order valence-corrected chi connectivity index (χ2v) is 8.74. The van der Waals surface area contributed by atoms with Crippen LogP contribution in [0.4, 0.5) is 74.6 Å². The molecule has 21 heteroatoms. The number of carbonyl (C=O) groups excluding carboxylic acids is 1. The number of hydrogen-bond donors (Lipinski definition) is 1. The summed E-state index contributed by atoms with van der Waals surface area (Å²) in [5.74, 6) is -61.4. The second kappa shape index (κ2) is 13.1. The van der Waals surface area contributed by atoms with Crippen LogP contribution in [-0.4, -0.2) is 84.7 Å². The van der Waals surface area contributed by atoms with Crippen LogP contribution in [0.5, 0.6) is 0 Å². The van der Waals surface area contributed by atoms with E-state index in [1.54, 1.807) is 4.90 Å². The minimum Gasteiger partial charge on any atom is -0.549 e. The molecule has 0 rings (SSSR count). The van der Waals surface area contributed by atoms with Crippen molar-refractivity contribution in [2.45, 2.75) is 74.8 Å². The van der Waals surface area contributed by atoms with Gasteiger partial charge in [-0.15, -0.1) is 0 Å². The molecule has 0 saturated carbocycles. The van der Waals surface area contributed by atoms with Gasteiger partial charge in [-0.05, 0) is 26.5 Å². The third-order valence-corrected chi connectivity index (χ3v) is 6.00. The molecule has 0 aliphatic rings. The molecule has 39 heavy (non-hydrogen) atoms. The van der Waals surface area contributed by atoms with Gasteiger partial charge in [0.2, 0.25) is 0 Å². The molecular formula is C18H22F17NO2S. The van der Waals surface area contributed by atoms with Crippen LogP contribution in [-0.2, 0) is 4.79 Å². The van der Waals surface area contributed by atoms with E-state index in [9.17, 15) is 84.5 Å². The molecule has 0 unspecified atom stereocenters. The van der Waals surface area contributed by atoms with Crippen molar-refractivity contribution in [2.24, 2.45) is 0 Å². The summed E-state index contributed by atoms with van der Waals surface area (Å²) < 4.78 is 220. The molecule has 0 aromatic carbocycles. The molecule has 0 aromatic heterocycles. The monoisotopic (exact) mass is 639 g/mol. The Morgan fingerprint density at radius 2 is 0.897 bits per heavy atom. The summed E-state index contributed by atoms with van der Waals surface area (Å²) in [4.78, 5) is 11.7. The van der Waals surface area contributed by atoms with Gasteiger partial charge in [-0.1, -0.05) is 0 Å². The molecule has 0 spiro atoms. The van der Waals surface area contributed by atoms with Crippen LogP contribution >= 0.6 is 11.8 Å². The van der Waals surface area contributed by atoms with Gasteiger partial charge in [0.15, 0.2) is 0 Å². The van der Waals surface area contributed by atoms with Crippen molar-refractivity contribution in [1.82, 2.24) is 0 Å². The van der Waals surface area contributed by atoms with E-state index < -0.39 is 71.5 Å². The zero-order valence-electron chi connectivity index (χ0n) is 19.9. The Kier molecular flexibility index (Phi) is 13.3. The summed E-state index contributed by atoms with van der Waals surface area (Å²) in [6.07, 6.45) is -10.5. The largest absolute Gasteiger partial charge is 0.549 e. The molecule has 3 nitrogen and oxygen atoms in total. The van der Waals surface area contributed by atoms with E-state index >= 15 is 0 Å². The van der Waals surface area contributed by atoms with Gasteiger partial charge >= 0.3 is 47.6 Å². The highest BCUT2D eigenvalue weighted by Crippen LogP contribution is 2.64. The van der Waals surface area contributed by atoms with Gasteiger partial charge in [-0.2, -0.15) is 86.4 Å². The summed E-state index contributed by atoms with van der Waals surface area (Å²) in [6, 6.07) is 0. The zero-order valence-corrected chi connectivity index (χ0v) is 20.7. The Hall–Kier alpha value is -1.41. The molecule has 0 atom stereocenters. The maximum Gasteiger partial charge on any atom is 0.460 e. The number of rotatable bonds is 14. The Morgan fingerprint density at radius 1 is 0.590 bits per heavy atom. The smallest absolute Gasteiger partial charge is 0.460 e. The van der Waals surface area contributed by atoms with Gasteiger partial charge < -0.3 is 14.8 Å². The van der Waals surface area contributed by atoms with Crippen molar-refractivity contribution < 1.29 is 89.4 Å². The summed E-state index contributed by atoms with van der Waals surface area (Å²) in [6.45, 7) is 10.5. The summed E-state index contributed by atoms with van der Waals surface area (Å²) in [5, 5.41) is 9.98. The Labute approximate surface area is 214 Å². The minimum atomic E-state index is -8.66. The number of carboxylic acids is 1. The number of thioether (sulfide) groups is 1. The number of halogens is 17. The number of quaternary nitrogens is 1. The van der Waals surface area contributed by atoms with Crippen molar-refractivity contribution in [1.29, 1.82) is 0 Å². The fourth-order valence-electron chi connectivity index (χ4n) is 2.46. The lowest BCUT2D eigenvalue weighted by Crippen LogP contribution is -3.11. The normalized spacial score (nSPS) is 14.8. The van der Waals surface area contributed by atoms with Crippen LogP contribution in [0.25, 0.3) is 0 Å². The highest BCUT2D eigenvalue weighted by atomic mass is 32.2. The molecule has 0 saturated heterocycles. The molecule has 0 heterocycles. The molecule has 0 fully saturated rings. The summed E-state index contributed by atoms with van der Waals surface area (Å²) in [7, 11) is 0. The predicted octanol–water partition coefficient (Wildman–Crippen LogP) is 4.80. The number of carboxylic acid groups (broad SMARTS) is 1. The molecule has 0 aliphatic carbocycles. The minimum absolute atomic E-state index is 0.262. The highest BCUT2D eigenvalue weighted by Gasteiger charge is 2.95. The van der Waals surface area contributed by atoms with Gasteiger partial charge in [0, 0.05) is 12.2 Å². The van der Waals surface area contributed by atoms with Crippen molar-refractivity contribution in [3.05, 3.63) is 0 Å². The number of nitrogens with one attached hydrogen (secondary N) is 1. The number of aliphatic carboxylic acids is 1. The first kappa shape index (κ1) is 39.7. The molecule has 0 aliphatic heterocycles. The van der Waals surface area contributed by atoms with Crippen molar-refractivity contribution in [3.8, 4) is 0 Å². The summed E-state index contributed by atoms with van der Waals surface area (Å²) >= 11 is -0.262. The van der Waals surface area contributed by atoms with E-state index in [4.69, 9.17) is 0 Å². The van der Waals surface area contributed by atoms with Gasteiger partial charge in [-0.3, -0.25) is 0 Å². The third-order valence-electron chi connectivity index (χ3n) is 5.07. The zero-order chi connectivity index (χ0) is 32.1. The molecule has 0 radical (unpaired) electrons. The van der Waals surface area contributed by atoms with Crippen LogP contribution in [0.3, 0.4) is 0 Å². The van der Waals surface area contributed by atoms with Crippen LogP contribution in [0.1, 0.15) is 27.2 Å². The number of hydrogen-bond acceptors (Lipinski definition) is 3. The summed E-state index contributed by atoms with van der Waals surface area (Å²) in [5.41, 5.74) is 0. The van der Waals surface area contributed by atoms with Crippen LogP contribution in [0, 0.1) is 0 Å². The van der Waals surface area contributed by atoms with E-state index in [-0.39, 0.29) is 11.8 Å². The molecule has 0 aromatic rings. The molecule has 236 valence electrons. The fourth-order valence-corrected chi connectivity index (χ4v) is 3.17. The fraction of sp³-hybridized carbons (Fsp3) is 0.944. The highest BCUT2D eigenvalue weighted by molar-refractivity contribution is 7.99. The van der Waals surface area contributed by atoms with E-state index in [0.29, 0.717) is 0 Å². The number of carbonyl (C=O) groups is 1. The van der Waals surface area contributed by atoms with Crippen LogP contribution < -0.4 is 10.0 Å². The van der Waals surface area contributed by atoms with Gasteiger partial charge in [0.1, 0.15) is 0 Å². The topological polar surface area (TPSA) is 44.6 Å². The Morgan fingerprint density at radius 3 is 1.15 bits per heavy atom. The Bertz CT molecular complexity index is 777. The lowest BCUT2D eigenvalue weighted by molar-refractivity contribution is -0.894. The maximum absolute atomic E-state index is 13.4.